The van der Waals surface area contributed by atoms with Crippen LogP contribution in [0.5, 0.6) is 0 Å². The predicted molar refractivity (Wildman–Crippen MR) is 115 cm³/mol. The molecule has 0 aliphatic carbocycles. The van der Waals surface area contributed by atoms with Gasteiger partial charge in [-0.1, -0.05) is 11.6 Å². The molecule has 8 nitrogen and oxygen atoms in total. The van der Waals surface area contributed by atoms with Crippen molar-refractivity contribution in [2.45, 2.75) is 44.7 Å². The topological polar surface area (TPSA) is 78.7 Å². The summed E-state index contributed by atoms with van der Waals surface area (Å²) in [5, 5.41) is 6.78. The van der Waals surface area contributed by atoms with Gasteiger partial charge in [-0.2, -0.15) is 5.10 Å². The number of amides is 1. The summed E-state index contributed by atoms with van der Waals surface area (Å²) in [6.07, 6.45) is 7.85. The summed E-state index contributed by atoms with van der Waals surface area (Å²) < 4.78 is 1.64. The molecule has 156 valence electrons. The molecule has 0 saturated carbocycles. The molecule has 3 aromatic rings. The number of rotatable bonds is 0. The van der Waals surface area contributed by atoms with Crippen molar-refractivity contribution in [2.75, 3.05) is 18.5 Å². The molecule has 1 fully saturated rings. The molecule has 2 bridgehead atoms. The number of anilines is 1. The Hall–Kier alpha value is -2.71. The molecular formula is C21H24ClN7O. The summed E-state index contributed by atoms with van der Waals surface area (Å²) in [5.74, 6) is 0.601. The summed E-state index contributed by atoms with van der Waals surface area (Å²) in [6, 6.07) is 4.12. The lowest BCUT2D eigenvalue weighted by Crippen LogP contribution is -2.53. The van der Waals surface area contributed by atoms with Crippen LogP contribution in [0.2, 0.25) is 5.02 Å². The number of carbonyl (C=O) groups is 1. The van der Waals surface area contributed by atoms with Gasteiger partial charge in [0.15, 0.2) is 5.65 Å². The summed E-state index contributed by atoms with van der Waals surface area (Å²) in [6.45, 7) is 5.06. The van der Waals surface area contributed by atoms with Gasteiger partial charge in [-0.3, -0.25) is 15.2 Å². The van der Waals surface area contributed by atoms with E-state index in [1.54, 1.807) is 16.9 Å². The maximum atomic E-state index is 13.0. The van der Waals surface area contributed by atoms with E-state index < -0.39 is 0 Å². The van der Waals surface area contributed by atoms with Gasteiger partial charge >= 0.3 is 0 Å². The largest absolute Gasteiger partial charge is 0.349 e. The third-order valence-electron chi connectivity index (χ3n) is 6.25. The first kappa shape index (κ1) is 19.3. The quantitative estimate of drug-likeness (QED) is 0.596. The molecule has 1 saturated heterocycles. The normalized spacial score (nSPS) is 21.5. The number of nitrogens with zero attached hydrogens (tertiary/aromatic N) is 6. The van der Waals surface area contributed by atoms with Gasteiger partial charge < -0.3 is 4.90 Å². The summed E-state index contributed by atoms with van der Waals surface area (Å²) in [4.78, 5) is 24.8. The van der Waals surface area contributed by atoms with E-state index in [1.165, 1.54) is 0 Å². The van der Waals surface area contributed by atoms with E-state index in [1.807, 2.05) is 30.4 Å². The van der Waals surface area contributed by atoms with Crippen LogP contribution in [0.3, 0.4) is 0 Å². The number of pyridine rings is 1. The summed E-state index contributed by atoms with van der Waals surface area (Å²) in [5.41, 5.74) is 5.73. The molecule has 0 spiro atoms. The Labute approximate surface area is 179 Å². The molecule has 1 atom stereocenters. The lowest BCUT2D eigenvalue weighted by atomic mass is 9.92. The SMILES string of the molecule is CN1NC(=O)c2cnn3ccc(nc23)N2CCC[C@@H]2c2cc(Cl)cnc2CC1(C)C. The first-order chi connectivity index (χ1) is 14.3. The van der Waals surface area contributed by atoms with Gasteiger partial charge in [-0.05, 0) is 44.4 Å². The van der Waals surface area contributed by atoms with Gasteiger partial charge in [0.05, 0.1) is 17.3 Å². The van der Waals surface area contributed by atoms with Crippen molar-refractivity contribution in [3.05, 3.63) is 52.6 Å². The van der Waals surface area contributed by atoms with Crippen LogP contribution in [-0.2, 0) is 6.42 Å². The summed E-state index contributed by atoms with van der Waals surface area (Å²) >= 11 is 6.37. The number of hydrogen-bond donors (Lipinski definition) is 1. The molecule has 0 aromatic carbocycles. The van der Waals surface area contributed by atoms with Crippen LogP contribution < -0.4 is 10.3 Å². The fourth-order valence-corrected chi connectivity index (χ4v) is 4.52. The van der Waals surface area contributed by atoms with E-state index in [2.05, 4.69) is 29.3 Å². The Morgan fingerprint density at radius 3 is 2.97 bits per heavy atom. The fraction of sp³-hybridized carbons (Fsp3) is 0.429. The van der Waals surface area contributed by atoms with Crippen molar-refractivity contribution in [3.8, 4) is 0 Å². The highest BCUT2D eigenvalue weighted by molar-refractivity contribution is 6.30. The van der Waals surface area contributed by atoms with Gasteiger partial charge in [0.1, 0.15) is 11.4 Å². The zero-order chi connectivity index (χ0) is 21.0. The standard InChI is InChI=1S/C21H24ClN7O/c1-21(2)10-16-14(9-13(22)11-23-16)17-5-4-7-28(17)18-6-8-29-19(25-18)15(12-24-29)20(30)26-27(21)3/h6,8-9,11-12,17H,4-5,7,10H2,1-3H3,(H,26,30)/t17-/m1/s1. The van der Waals surface area contributed by atoms with E-state index in [9.17, 15) is 4.79 Å². The molecule has 5 rings (SSSR count). The number of hydrogen-bond acceptors (Lipinski definition) is 6. The van der Waals surface area contributed by atoms with Gasteiger partial charge in [0.2, 0.25) is 0 Å². The van der Waals surface area contributed by atoms with E-state index in [0.29, 0.717) is 22.7 Å². The van der Waals surface area contributed by atoms with Crippen LogP contribution >= 0.6 is 11.6 Å². The first-order valence-electron chi connectivity index (χ1n) is 10.1. The van der Waals surface area contributed by atoms with E-state index in [4.69, 9.17) is 21.6 Å². The monoisotopic (exact) mass is 425 g/mol. The Morgan fingerprint density at radius 1 is 1.30 bits per heavy atom. The zero-order valence-corrected chi connectivity index (χ0v) is 18.0. The van der Waals surface area contributed by atoms with Gasteiger partial charge in [-0.25, -0.2) is 14.5 Å². The van der Waals surface area contributed by atoms with Crippen LogP contribution in [0.25, 0.3) is 5.65 Å². The third-order valence-corrected chi connectivity index (χ3v) is 6.46. The number of fused-ring (bicyclic) bond motifs is 5. The van der Waals surface area contributed by atoms with Crippen LogP contribution in [0.1, 0.15) is 54.3 Å². The molecule has 5 heterocycles. The Kier molecular flexibility index (Phi) is 4.44. The highest BCUT2D eigenvalue weighted by Crippen LogP contribution is 2.38. The second-order valence-electron chi connectivity index (χ2n) is 8.64. The maximum Gasteiger partial charge on any atom is 0.271 e. The van der Waals surface area contributed by atoms with Crippen LogP contribution in [0.4, 0.5) is 5.82 Å². The minimum Gasteiger partial charge on any atom is -0.349 e. The smallest absolute Gasteiger partial charge is 0.271 e. The van der Waals surface area contributed by atoms with Gasteiger partial charge in [0, 0.05) is 43.6 Å². The minimum atomic E-state index is -0.374. The first-order valence-corrected chi connectivity index (χ1v) is 10.5. The number of carbonyl (C=O) groups excluding carboxylic acids is 1. The van der Waals surface area contributed by atoms with E-state index >= 15 is 0 Å². The molecule has 9 heteroatoms. The number of halogens is 1. The van der Waals surface area contributed by atoms with Crippen molar-refractivity contribution < 1.29 is 4.79 Å². The zero-order valence-electron chi connectivity index (χ0n) is 17.3. The average molecular weight is 426 g/mol. The van der Waals surface area contributed by atoms with Gasteiger partial charge in [-0.15, -0.1) is 0 Å². The Morgan fingerprint density at radius 2 is 2.13 bits per heavy atom. The number of likely N-dealkylation sites (N-methyl/N-ethyl adjacent to an activating group) is 1. The molecule has 0 unspecified atom stereocenters. The molecular weight excluding hydrogens is 402 g/mol. The summed E-state index contributed by atoms with van der Waals surface area (Å²) in [7, 11) is 1.87. The Bertz CT molecular complexity index is 1140. The van der Waals surface area contributed by atoms with Crippen LogP contribution in [0, 0.1) is 0 Å². The minimum absolute atomic E-state index is 0.137. The van der Waals surface area contributed by atoms with Crippen molar-refractivity contribution in [1.29, 1.82) is 0 Å². The molecule has 2 aliphatic heterocycles. The van der Waals surface area contributed by atoms with Crippen molar-refractivity contribution in [1.82, 2.24) is 30.0 Å². The number of hydrazine groups is 1. The molecule has 1 N–H and O–H groups in total. The number of aromatic nitrogens is 4. The molecule has 3 aromatic heterocycles. The average Bonchev–Trinajstić information content (AvgIpc) is 3.34. The fourth-order valence-electron chi connectivity index (χ4n) is 4.36. The highest BCUT2D eigenvalue weighted by atomic mass is 35.5. The second kappa shape index (κ2) is 6.92. The highest BCUT2D eigenvalue weighted by Gasteiger charge is 2.34. The third kappa shape index (κ3) is 3.11. The van der Waals surface area contributed by atoms with E-state index in [0.717, 1.165) is 36.5 Å². The second-order valence-corrected chi connectivity index (χ2v) is 9.08. The molecule has 0 radical (unpaired) electrons. The molecule has 30 heavy (non-hydrogen) atoms. The lowest BCUT2D eigenvalue weighted by Gasteiger charge is -2.36. The predicted octanol–water partition coefficient (Wildman–Crippen LogP) is 3.03. The van der Waals surface area contributed by atoms with Crippen LogP contribution in [-0.4, -0.2) is 49.6 Å². The van der Waals surface area contributed by atoms with Crippen LogP contribution in [0.15, 0.2) is 30.7 Å². The van der Waals surface area contributed by atoms with Gasteiger partial charge in [0.25, 0.3) is 5.91 Å². The van der Waals surface area contributed by atoms with E-state index in [-0.39, 0.29) is 17.5 Å². The maximum absolute atomic E-state index is 13.0. The number of nitrogens with one attached hydrogen (secondary N) is 1. The Balaban J connectivity index is 1.73. The molecule has 1 amide bonds. The lowest BCUT2D eigenvalue weighted by molar-refractivity contribution is 0.0592. The molecule has 2 aliphatic rings. The van der Waals surface area contributed by atoms with Crippen molar-refractivity contribution >= 4 is 29.0 Å². The van der Waals surface area contributed by atoms with Crippen molar-refractivity contribution in [3.63, 3.8) is 0 Å². The van der Waals surface area contributed by atoms with Crippen molar-refractivity contribution in [2.24, 2.45) is 0 Å².